The van der Waals surface area contributed by atoms with E-state index in [-0.39, 0.29) is 6.54 Å². The first-order chi connectivity index (χ1) is 7.56. The maximum Gasteiger partial charge on any atom is 0.322 e. The SMILES string of the molecule is Cc1cccc(NCC(N)C(=O)O)c1C#N. The second-order valence-corrected chi connectivity index (χ2v) is 3.43. The van der Waals surface area contributed by atoms with Gasteiger partial charge in [-0.1, -0.05) is 12.1 Å². The zero-order chi connectivity index (χ0) is 12.1. The Morgan fingerprint density at radius 2 is 2.38 bits per heavy atom. The van der Waals surface area contributed by atoms with Gasteiger partial charge in [0.25, 0.3) is 0 Å². The van der Waals surface area contributed by atoms with Crippen LogP contribution in [0.3, 0.4) is 0 Å². The minimum absolute atomic E-state index is 0.0907. The Labute approximate surface area is 93.5 Å². The van der Waals surface area contributed by atoms with E-state index in [1.807, 2.05) is 13.0 Å². The number of carboxylic acids is 1. The number of hydrogen-bond acceptors (Lipinski definition) is 4. The van der Waals surface area contributed by atoms with E-state index in [9.17, 15) is 4.79 Å². The van der Waals surface area contributed by atoms with Crippen molar-refractivity contribution in [1.82, 2.24) is 0 Å². The van der Waals surface area contributed by atoms with Crippen molar-refractivity contribution < 1.29 is 9.90 Å². The van der Waals surface area contributed by atoms with Crippen molar-refractivity contribution in [2.75, 3.05) is 11.9 Å². The molecular weight excluding hydrogens is 206 g/mol. The molecule has 0 fully saturated rings. The zero-order valence-corrected chi connectivity index (χ0v) is 8.90. The van der Waals surface area contributed by atoms with Gasteiger partial charge in [0.2, 0.25) is 0 Å². The number of hydrogen-bond donors (Lipinski definition) is 3. The molecule has 1 aromatic carbocycles. The van der Waals surface area contributed by atoms with Gasteiger partial charge in [-0.25, -0.2) is 0 Å². The Morgan fingerprint density at radius 3 is 2.94 bits per heavy atom. The fourth-order valence-corrected chi connectivity index (χ4v) is 1.27. The van der Waals surface area contributed by atoms with Gasteiger partial charge in [0.15, 0.2) is 0 Å². The third-order valence-electron chi connectivity index (χ3n) is 2.21. The highest BCUT2D eigenvalue weighted by Gasteiger charge is 2.12. The summed E-state index contributed by atoms with van der Waals surface area (Å²) < 4.78 is 0. The molecular formula is C11H13N3O2. The van der Waals surface area contributed by atoms with Crippen molar-refractivity contribution in [2.24, 2.45) is 5.73 Å². The van der Waals surface area contributed by atoms with Crippen LogP contribution in [0, 0.1) is 18.3 Å². The number of rotatable bonds is 4. The number of carbonyl (C=O) groups is 1. The van der Waals surface area contributed by atoms with E-state index >= 15 is 0 Å². The summed E-state index contributed by atoms with van der Waals surface area (Å²) in [4.78, 5) is 10.5. The van der Waals surface area contributed by atoms with Crippen molar-refractivity contribution in [2.45, 2.75) is 13.0 Å². The molecule has 0 aliphatic heterocycles. The van der Waals surface area contributed by atoms with E-state index in [1.165, 1.54) is 0 Å². The fraction of sp³-hybridized carbons (Fsp3) is 0.273. The first-order valence-corrected chi connectivity index (χ1v) is 4.78. The van der Waals surface area contributed by atoms with Crippen molar-refractivity contribution in [3.63, 3.8) is 0 Å². The molecule has 0 amide bonds. The van der Waals surface area contributed by atoms with Gasteiger partial charge in [-0.2, -0.15) is 5.26 Å². The van der Waals surface area contributed by atoms with Crippen LogP contribution in [-0.2, 0) is 4.79 Å². The van der Waals surface area contributed by atoms with Crippen molar-refractivity contribution in [1.29, 1.82) is 5.26 Å². The number of nitrogens with two attached hydrogens (primary N) is 1. The molecule has 5 heteroatoms. The Bertz CT molecular complexity index is 437. The first kappa shape index (κ1) is 12.0. The number of anilines is 1. The highest BCUT2D eigenvalue weighted by molar-refractivity contribution is 5.74. The summed E-state index contributed by atoms with van der Waals surface area (Å²) in [6.45, 7) is 1.91. The van der Waals surface area contributed by atoms with Crippen molar-refractivity contribution in [3.05, 3.63) is 29.3 Å². The van der Waals surface area contributed by atoms with Crippen LogP contribution < -0.4 is 11.1 Å². The number of aliphatic carboxylic acids is 1. The summed E-state index contributed by atoms with van der Waals surface area (Å²) in [5.74, 6) is -1.07. The molecule has 1 rings (SSSR count). The number of aryl methyl sites for hydroxylation is 1. The van der Waals surface area contributed by atoms with Crippen LogP contribution in [0.5, 0.6) is 0 Å². The predicted molar refractivity (Wildman–Crippen MR) is 60.0 cm³/mol. The van der Waals surface area contributed by atoms with Gasteiger partial charge in [-0.05, 0) is 18.6 Å². The molecule has 1 aromatic rings. The molecule has 0 saturated heterocycles. The Morgan fingerprint density at radius 1 is 1.69 bits per heavy atom. The minimum atomic E-state index is -1.07. The quantitative estimate of drug-likeness (QED) is 0.692. The van der Waals surface area contributed by atoms with Gasteiger partial charge >= 0.3 is 5.97 Å². The Balaban J connectivity index is 2.79. The highest BCUT2D eigenvalue weighted by Crippen LogP contribution is 2.17. The van der Waals surface area contributed by atoms with Crippen LogP contribution in [0.1, 0.15) is 11.1 Å². The van der Waals surface area contributed by atoms with Crippen molar-refractivity contribution >= 4 is 11.7 Å². The monoisotopic (exact) mass is 219 g/mol. The molecule has 1 atom stereocenters. The van der Waals surface area contributed by atoms with E-state index in [0.717, 1.165) is 5.56 Å². The van der Waals surface area contributed by atoms with Crippen molar-refractivity contribution in [3.8, 4) is 6.07 Å². The normalized spacial score (nSPS) is 11.6. The predicted octanol–water partition coefficient (Wildman–Crippen LogP) is 0.691. The number of carboxylic acid groups (broad SMARTS) is 1. The molecule has 0 heterocycles. The summed E-state index contributed by atoms with van der Waals surface area (Å²) in [5, 5.41) is 20.4. The molecule has 0 saturated carbocycles. The molecule has 0 radical (unpaired) electrons. The van der Waals surface area contributed by atoms with Gasteiger partial charge in [0.1, 0.15) is 12.1 Å². The number of nitrogens with one attached hydrogen (secondary N) is 1. The second-order valence-electron chi connectivity index (χ2n) is 3.43. The van der Waals surface area contributed by atoms with Crippen LogP contribution in [0.25, 0.3) is 0 Å². The fourth-order valence-electron chi connectivity index (χ4n) is 1.27. The zero-order valence-electron chi connectivity index (χ0n) is 8.90. The average Bonchev–Trinajstić information content (AvgIpc) is 2.25. The smallest absolute Gasteiger partial charge is 0.322 e. The molecule has 0 spiro atoms. The Kier molecular flexibility index (Phi) is 3.86. The summed E-state index contributed by atoms with van der Waals surface area (Å²) in [5.41, 5.74) is 7.32. The van der Waals surface area contributed by atoms with E-state index in [4.69, 9.17) is 16.1 Å². The third kappa shape index (κ3) is 2.72. The average molecular weight is 219 g/mol. The topological polar surface area (TPSA) is 99.1 Å². The maximum atomic E-state index is 10.5. The molecule has 0 aliphatic carbocycles. The van der Waals surface area contributed by atoms with E-state index in [1.54, 1.807) is 12.1 Å². The van der Waals surface area contributed by atoms with Gasteiger partial charge in [-0.15, -0.1) is 0 Å². The highest BCUT2D eigenvalue weighted by atomic mass is 16.4. The van der Waals surface area contributed by atoms with Crippen LogP contribution >= 0.6 is 0 Å². The van der Waals surface area contributed by atoms with Gasteiger partial charge in [-0.3, -0.25) is 4.79 Å². The minimum Gasteiger partial charge on any atom is -0.480 e. The summed E-state index contributed by atoms with van der Waals surface area (Å²) in [7, 11) is 0. The molecule has 84 valence electrons. The van der Waals surface area contributed by atoms with Crippen LogP contribution in [0.4, 0.5) is 5.69 Å². The van der Waals surface area contributed by atoms with Crippen LogP contribution in [-0.4, -0.2) is 23.7 Å². The second kappa shape index (κ2) is 5.14. The molecule has 5 nitrogen and oxygen atoms in total. The number of benzene rings is 1. The molecule has 1 unspecified atom stereocenters. The lowest BCUT2D eigenvalue weighted by Crippen LogP contribution is -2.37. The lowest BCUT2D eigenvalue weighted by atomic mass is 10.1. The van der Waals surface area contributed by atoms with E-state index < -0.39 is 12.0 Å². The van der Waals surface area contributed by atoms with Gasteiger partial charge < -0.3 is 16.2 Å². The number of nitriles is 1. The summed E-state index contributed by atoms with van der Waals surface area (Å²) in [6, 6.07) is 6.43. The van der Waals surface area contributed by atoms with E-state index in [0.29, 0.717) is 11.3 Å². The standard InChI is InChI=1S/C11H13N3O2/c1-7-3-2-4-10(8(7)5-12)14-6-9(13)11(15)16/h2-4,9,14H,6,13H2,1H3,(H,15,16). The lowest BCUT2D eigenvalue weighted by molar-refractivity contribution is -0.138. The largest absolute Gasteiger partial charge is 0.480 e. The number of nitrogens with zero attached hydrogens (tertiary/aromatic N) is 1. The van der Waals surface area contributed by atoms with Gasteiger partial charge in [0.05, 0.1) is 11.3 Å². The maximum absolute atomic E-state index is 10.5. The summed E-state index contributed by atoms with van der Waals surface area (Å²) >= 11 is 0. The molecule has 16 heavy (non-hydrogen) atoms. The van der Waals surface area contributed by atoms with Gasteiger partial charge in [0, 0.05) is 6.54 Å². The van der Waals surface area contributed by atoms with E-state index in [2.05, 4.69) is 11.4 Å². The third-order valence-corrected chi connectivity index (χ3v) is 2.21. The lowest BCUT2D eigenvalue weighted by Gasteiger charge is -2.11. The van der Waals surface area contributed by atoms with Crippen LogP contribution in [0.2, 0.25) is 0 Å². The molecule has 4 N–H and O–H groups in total. The molecule has 0 aromatic heterocycles. The molecule has 0 aliphatic rings. The first-order valence-electron chi connectivity index (χ1n) is 4.78. The molecule has 0 bridgehead atoms. The Hall–Kier alpha value is -2.06. The summed E-state index contributed by atoms with van der Waals surface area (Å²) in [6.07, 6.45) is 0. The van der Waals surface area contributed by atoms with Crippen LogP contribution in [0.15, 0.2) is 18.2 Å².